The van der Waals surface area contributed by atoms with Gasteiger partial charge in [-0.25, -0.2) is 9.48 Å². The second-order valence-corrected chi connectivity index (χ2v) is 4.06. The summed E-state index contributed by atoms with van der Waals surface area (Å²) < 4.78 is 6.93. The fourth-order valence-electron chi connectivity index (χ4n) is 1.90. The molecule has 96 valence electrons. The molecular weight excluding hydrogens is 234 g/mol. The van der Waals surface area contributed by atoms with Crippen LogP contribution in [0.3, 0.4) is 0 Å². The number of rotatable bonds is 5. The number of nitrogens with zero attached hydrogens (tertiary/aromatic N) is 3. The molecule has 18 heavy (non-hydrogen) atoms. The van der Waals surface area contributed by atoms with Gasteiger partial charge in [-0.2, -0.15) is 0 Å². The number of carboxylic acid groups (broad SMARTS) is 1. The van der Waals surface area contributed by atoms with E-state index in [0.717, 1.165) is 11.9 Å². The lowest BCUT2D eigenvalue weighted by atomic mass is 10.2. The van der Waals surface area contributed by atoms with Gasteiger partial charge in [0.05, 0.1) is 23.7 Å². The highest BCUT2D eigenvalue weighted by Crippen LogP contribution is 2.19. The summed E-state index contributed by atoms with van der Waals surface area (Å²) in [5.74, 6) is -0.963. The first-order valence-corrected chi connectivity index (χ1v) is 5.74. The molecule has 1 aromatic heterocycles. The number of hydrogen-bond acceptors (Lipinski definition) is 4. The summed E-state index contributed by atoms with van der Waals surface area (Å²) in [5, 5.41) is 17.0. The molecule has 0 aliphatic carbocycles. The molecule has 2 rings (SSSR count). The molecule has 0 spiro atoms. The summed E-state index contributed by atoms with van der Waals surface area (Å²) in [7, 11) is 1.64. The molecule has 2 aromatic rings. The zero-order valence-electron chi connectivity index (χ0n) is 10.3. The maximum atomic E-state index is 10.9. The van der Waals surface area contributed by atoms with Crippen molar-refractivity contribution in [3.8, 4) is 0 Å². The number of hydrogen-bond donors (Lipinski definition) is 1. The predicted molar refractivity (Wildman–Crippen MR) is 65.7 cm³/mol. The van der Waals surface area contributed by atoms with Crippen LogP contribution in [0, 0.1) is 0 Å². The molecule has 0 fully saturated rings. The van der Waals surface area contributed by atoms with Gasteiger partial charge in [0.2, 0.25) is 0 Å². The van der Waals surface area contributed by atoms with Gasteiger partial charge in [0.15, 0.2) is 0 Å². The van der Waals surface area contributed by atoms with Crippen LogP contribution in [0.2, 0.25) is 0 Å². The Morgan fingerprint density at radius 2 is 2.33 bits per heavy atom. The van der Waals surface area contributed by atoms with Crippen molar-refractivity contribution in [3.63, 3.8) is 0 Å². The van der Waals surface area contributed by atoms with Crippen LogP contribution in [0.5, 0.6) is 0 Å². The Balaban J connectivity index is 2.45. The highest BCUT2D eigenvalue weighted by Gasteiger charge is 2.15. The van der Waals surface area contributed by atoms with E-state index in [-0.39, 0.29) is 11.6 Å². The van der Waals surface area contributed by atoms with E-state index in [4.69, 9.17) is 9.84 Å². The van der Waals surface area contributed by atoms with E-state index in [0.29, 0.717) is 12.1 Å². The molecule has 6 nitrogen and oxygen atoms in total. The van der Waals surface area contributed by atoms with Crippen molar-refractivity contribution >= 4 is 17.0 Å². The average molecular weight is 249 g/mol. The molecule has 0 saturated carbocycles. The predicted octanol–water partition coefficient (Wildman–Crippen LogP) is 1.73. The summed E-state index contributed by atoms with van der Waals surface area (Å²) in [6.07, 6.45) is 0.868. The standard InChI is InChI=1S/C12H15N3O3/c1-3-9(7-18-2)15-11-5-4-8(12(16)17)6-10(11)13-14-15/h4-6,9H,3,7H2,1-2H3,(H,16,17). The highest BCUT2D eigenvalue weighted by atomic mass is 16.5. The zero-order valence-corrected chi connectivity index (χ0v) is 10.3. The third kappa shape index (κ3) is 2.19. The molecule has 0 radical (unpaired) electrons. The van der Waals surface area contributed by atoms with Gasteiger partial charge in [-0.05, 0) is 24.6 Å². The molecule has 1 aromatic carbocycles. The number of carbonyl (C=O) groups is 1. The lowest BCUT2D eigenvalue weighted by Crippen LogP contribution is -2.15. The van der Waals surface area contributed by atoms with Crippen LogP contribution >= 0.6 is 0 Å². The van der Waals surface area contributed by atoms with Gasteiger partial charge in [-0.3, -0.25) is 0 Å². The van der Waals surface area contributed by atoms with E-state index < -0.39 is 5.97 Å². The number of ether oxygens (including phenoxy) is 1. The second-order valence-electron chi connectivity index (χ2n) is 4.06. The van der Waals surface area contributed by atoms with Crippen LogP contribution in [0.25, 0.3) is 11.0 Å². The molecular formula is C12H15N3O3. The van der Waals surface area contributed by atoms with Crippen LogP contribution in [0.15, 0.2) is 18.2 Å². The first-order chi connectivity index (χ1) is 8.67. The topological polar surface area (TPSA) is 77.2 Å². The first-order valence-electron chi connectivity index (χ1n) is 5.74. The Morgan fingerprint density at radius 1 is 1.56 bits per heavy atom. The molecule has 1 unspecified atom stereocenters. The van der Waals surface area contributed by atoms with Gasteiger partial charge >= 0.3 is 5.97 Å². The number of benzene rings is 1. The molecule has 1 heterocycles. The van der Waals surface area contributed by atoms with Gasteiger partial charge in [0.25, 0.3) is 0 Å². The number of aromatic carboxylic acids is 1. The summed E-state index contributed by atoms with van der Waals surface area (Å²) >= 11 is 0. The second kappa shape index (κ2) is 5.14. The van der Waals surface area contributed by atoms with Crippen LogP contribution < -0.4 is 0 Å². The summed E-state index contributed by atoms with van der Waals surface area (Å²) in [6, 6.07) is 4.93. The molecule has 1 atom stereocenters. The molecule has 0 bridgehead atoms. The third-order valence-corrected chi connectivity index (χ3v) is 2.89. The minimum atomic E-state index is -0.963. The number of methoxy groups -OCH3 is 1. The number of fused-ring (bicyclic) bond motifs is 1. The van der Waals surface area contributed by atoms with Gasteiger partial charge < -0.3 is 9.84 Å². The maximum absolute atomic E-state index is 10.9. The summed E-state index contributed by atoms with van der Waals surface area (Å²) in [4.78, 5) is 10.9. The largest absolute Gasteiger partial charge is 0.478 e. The van der Waals surface area contributed by atoms with E-state index in [1.54, 1.807) is 23.9 Å². The Hall–Kier alpha value is -1.95. The Morgan fingerprint density at radius 3 is 2.94 bits per heavy atom. The molecule has 0 saturated heterocycles. The normalized spacial score (nSPS) is 12.8. The van der Waals surface area contributed by atoms with E-state index in [9.17, 15) is 4.79 Å². The van der Waals surface area contributed by atoms with Crippen molar-refractivity contribution in [2.45, 2.75) is 19.4 Å². The summed E-state index contributed by atoms with van der Waals surface area (Å²) in [5.41, 5.74) is 1.63. The van der Waals surface area contributed by atoms with E-state index in [1.165, 1.54) is 6.07 Å². The zero-order chi connectivity index (χ0) is 13.1. The quantitative estimate of drug-likeness (QED) is 0.873. The monoisotopic (exact) mass is 249 g/mol. The summed E-state index contributed by atoms with van der Waals surface area (Å²) in [6.45, 7) is 2.60. The minimum Gasteiger partial charge on any atom is -0.478 e. The first kappa shape index (κ1) is 12.5. The smallest absolute Gasteiger partial charge is 0.335 e. The molecule has 0 aliphatic heterocycles. The van der Waals surface area contributed by atoms with Gasteiger partial charge in [0.1, 0.15) is 5.52 Å². The molecule has 6 heteroatoms. The Labute approximate surface area is 104 Å². The van der Waals surface area contributed by atoms with Crippen LogP contribution in [0.1, 0.15) is 29.7 Å². The highest BCUT2D eigenvalue weighted by molar-refractivity contribution is 5.92. The average Bonchev–Trinajstić information content (AvgIpc) is 2.78. The molecule has 1 N–H and O–H groups in total. The maximum Gasteiger partial charge on any atom is 0.335 e. The van der Waals surface area contributed by atoms with E-state index >= 15 is 0 Å². The fraction of sp³-hybridized carbons (Fsp3) is 0.417. The lowest BCUT2D eigenvalue weighted by molar-refractivity contribution is 0.0697. The molecule has 0 amide bonds. The van der Waals surface area contributed by atoms with Crippen molar-refractivity contribution in [3.05, 3.63) is 23.8 Å². The van der Waals surface area contributed by atoms with Crippen molar-refractivity contribution in [1.82, 2.24) is 15.0 Å². The molecule has 0 aliphatic rings. The van der Waals surface area contributed by atoms with Gasteiger partial charge in [-0.1, -0.05) is 12.1 Å². The van der Waals surface area contributed by atoms with Crippen molar-refractivity contribution < 1.29 is 14.6 Å². The van der Waals surface area contributed by atoms with E-state index in [2.05, 4.69) is 10.3 Å². The van der Waals surface area contributed by atoms with Crippen molar-refractivity contribution in [2.24, 2.45) is 0 Å². The number of carboxylic acids is 1. The van der Waals surface area contributed by atoms with Crippen LogP contribution in [-0.4, -0.2) is 39.8 Å². The lowest BCUT2D eigenvalue weighted by Gasteiger charge is -2.14. The van der Waals surface area contributed by atoms with Gasteiger partial charge in [-0.15, -0.1) is 5.10 Å². The van der Waals surface area contributed by atoms with Crippen molar-refractivity contribution in [1.29, 1.82) is 0 Å². The third-order valence-electron chi connectivity index (χ3n) is 2.89. The van der Waals surface area contributed by atoms with Crippen LogP contribution in [0.4, 0.5) is 0 Å². The van der Waals surface area contributed by atoms with Crippen LogP contribution in [-0.2, 0) is 4.74 Å². The van der Waals surface area contributed by atoms with Gasteiger partial charge in [0, 0.05) is 7.11 Å². The minimum absolute atomic E-state index is 0.107. The number of aromatic nitrogens is 3. The Bertz CT molecular complexity index is 565. The fourth-order valence-corrected chi connectivity index (χ4v) is 1.90. The van der Waals surface area contributed by atoms with E-state index in [1.807, 2.05) is 6.92 Å². The Kier molecular flexibility index (Phi) is 3.57. The SMILES string of the molecule is CCC(COC)n1nnc2cc(C(=O)O)ccc21. The van der Waals surface area contributed by atoms with Crippen molar-refractivity contribution in [2.75, 3.05) is 13.7 Å².